The molecule has 7 heterocycles. The summed E-state index contributed by atoms with van der Waals surface area (Å²) in [4.78, 5) is 4.82. The van der Waals surface area contributed by atoms with Crippen molar-refractivity contribution >= 4 is 0 Å². The molecule has 2 atom stereocenters. The average molecular weight is 621 g/mol. The molecule has 6 bridgehead atoms. The highest BCUT2D eigenvalue weighted by molar-refractivity contribution is 5.64. The van der Waals surface area contributed by atoms with Crippen LogP contribution in [0.5, 0.6) is 46.0 Å². The van der Waals surface area contributed by atoms with Gasteiger partial charge in [0.2, 0.25) is 11.5 Å². The molecule has 238 valence electrons. The van der Waals surface area contributed by atoms with Gasteiger partial charge in [-0.2, -0.15) is 0 Å². The zero-order chi connectivity index (χ0) is 31.5. The van der Waals surface area contributed by atoms with E-state index >= 15 is 0 Å². The topological polar surface area (TPSA) is 61.9 Å². The summed E-state index contributed by atoms with van der Waals surface area (Å²) in [5, 5.41) is 0. The Morgan fingerprint density at radius 1 is 0.630 bits per heavy atom. The molecule has 0 spiro atoms. The van der Waals surface area contributed by atoms with E-state index in [1.54, 1.807) is 21.3 Å². The van der Waals surface area contributed by atoms with Crippen molar-refractivity contribution in [1.29, 1.82) is 0 Å². The first kappa shape index (κ1) is 29.0. The van der Waals surface area contributed by atoms with Crippen LogP contribution in [0.4, 0.5) is 0 Å². The molecule has 0 saturated carbocycles. The lowest BCUT2D eigenvalue weighted by atomic mass is 9.87. The molecule has 7 aliphatic heterocycles. The van der Waals surface area contributed by atoms with Crippen molar-refractivity contribution in [3.8, 4) is 46.0 Å². The summed E-state index contributed by atoms with van der Waals surface area (Å²) in [6.45, 7) is 2.26. The molecule has 0 aromatic heterocycles. The Balaban J connectivity index is 1.34. The molecule has 7 aliphatic rings. The van der Waals surface area contributed by atoms with Crippen LogP contribution in [0.25, 0.3) is 0 Å². The van der Waals surface area contributed by atoms with E-state index < -0.39 is 0 Å². The van der Waals surface area contributed by atoms with Crippen molar-refractivity contribution in [2.24, 2.45) is 0 Å². The molecule has 8 heteroatoms. The van der Waals surface area contributed by atoms with E-state index in [0.717, 1.165) is 72.9 Å². The molecular formula is C38H40N2O6. The van der Waals surface area contributed by atoms with Crippen molar-refractivity contribution < 1.29 is 28.4 Å². The third-order valence-electron chi connectivity index (χ3n) is 10.2. The van der Waals surface area contributed by atoms with Crippen LogP contribution in [0.1, 0.15) is 51.0 Å². The predicted octanol–water partition coefficient (Wildman–Crippen LogP) is 7.05. The second-order valence-electron chi connectivity index (χ2n) is 12.8. The van der Waals surface area contributed by atoms with Crippen LogP contribution >= 0.6 is 0 Å². The first-order valence-corrected chi connectivity index (χ1v) is 16.1. The van der Waals surface area contributed by atoms with Gasteiger partial charge in [0.25, 0.3) is 0 Å². The maximum atomic E-state index is 6.87. The van der Waals surface area contributed by atoms with Crippen LogP contribution in [-0.2, 0) is 32.3 Å². The summed E-state index contributed by atoms with van der Waals surface area (Å²) in [6, 6.07) is 19.4. The zero-order valence-electron chi connectivity index (χ0n) is 27.1. The summed E-state index contributed by atoms with van der Waals surface area (Å²) in [7, 11) is 9.45. The lowest BCUT2D eigenvalue weighted by Crippen LogP contribution is -2.34. The minimum atomic E-state index is 0.0583. The third-order valence-corrected chi connectivity index (χ3v) is 10.2. The number of hydrogen-bond donors (Lipinski definition) is 0. The van der Waals surface area contributed by atoms with Gasteiger partial charge in [0, 0.05) is 41.9 Å². The van der Waals surface area contributed by atoms with E-state index in [4.69, 9.17) is 28.4 Å². The number of methoxy groups -OCH3 is 3. The Bertz CT molecular complexity index is 1820. The molecule has 4 aromatic rings. The van der Waals surface area contributed by atoms with Crippen LogP contribution in [0.15, 0.2) is 54.6 Å². The van der Waals surface area contributed by atoms with Crippen LogP contribution < -0.4 is 28.4 Å². The van der Waals surface area contributed by atoms with Gasteiger partial charge in [-0.15, -0.1) is 0 Å². The van der Waals surface area contributed by atoms with Gasteiger partial charge in [0.1, 0.15) is 18.1 Å². The van der Waals surface area contributed by atoms with Crippen molar-refractivity contribution in [3.63, 3.8) is 0 Å². The van der Waals surface area contributed by atoms with E-state index in [1.165, 1.54) is 27.8 Å². The molecule has 8 nitrogen and oxygen atoms in total. The molecule has 46 heavy (non-hydrogen) atoms. The lowest BCUT2D eigenvalue weighted by molar-refractivity contribution is 0.221. The Morgan fingerprint density at radius 2 is 1.26 bits per heavy atom. The van der Waals surface area contributed by atoms with Crippen LogP contribution in [0, 0.1) is 0 Å². The van der Waals surface area contributed by atoms with Crippen molar-refractivity contribution in [2.75, 3.05) is 48.5 Å². The summed E-state index contributed by atoms with van der Waals surface area (Å²) in [5.74, 6) is 5.75. The fraction of sp³-hybridized carbons (Fsp3) is 0.368. The summed E-state index contributed by atoms with van der Waals surface area (Å²) in [6.07, 6.45) is 3.39. The number of nitrogens with zero attached hydrogens (tertiary/aromatic N) is 2. The molecule has 4 aromatic carbocycles. The van der Waals surface area contributed by atoms with Crippen molar-refractivity contribution in [3.05, 3.63) is 93.5 Å². The molecule has 0 amide bonds. The van der Waals surface area contributed by atoms with Crippen molar-refractivity contribution in [1.82, 2.24) is 9.80 Å². The van der Waals surface area contributed by atoms with E-state index in [9.17, 15) is 0 Å². The van der Waals surface area contributed by atoms with Gasteiger partial charge in [0.05, 0.1) is 21.3 Å². The van der Waals surface area contributed by atoms with Crippen LogP contribution in [0.3, 0.4) is 0 Å². The van der Waals surface area contributed by atoms with E-state index in [0.29, 0.717) is 29.6 Å². The third kappa shape index (κ3) is 4.74. The van der Waals surface area contributed by atoms with Gasteiger partial charge >= 0.3 is 0 Å². The van der Waals surface area contributed by atoms with Gasteiger partial charge in [0.15, 0.2) is 23.0 Å². The highest BCUT2D eigenvalue weighted by atomic mass is 16.6. The summed E-state index contributed by atoms with van der Waals surface area (Å²) in [5.41, 5.74) is 8.18. The fourth-order valence-corrected chi connectivity index (χ4v) is 7.70. The molecule has 0 saturated heterocycles. The minimum absolute atomic E-state index is 0.0583. The number of ether oxygens (including phenoxy) is 6. The second kappa shape index (κ2) is 11.4. The maximum absolute atomic E-state index is 6.87. The Morgan fingerprint density at radius 3 is 1.93 bits per heavy atom. The normalized spacial score (nSPS) is 20.0. The number of hydrogen-bond acceptors (Lipinski definition) is 8. The predicted molar refractivity (Wildman–Crippen MR) is 175 cm³/mol. The summed E-state index contributed by atoms with van der Waals surface area (Å²) >= 11 is 0. The largest absolute Gasteiger partial charge is 0.493 e. The molecular weight excluding hydrogens is 580 g/mol. The Kier molecular flexibility index (Phi) is 7.22. The SMILES string of the molecule is COc1cc2c3c(c1OC)Oc1ccc(cc1)CC1c4c(cc(OC)c5c4Oc4ccc(cc4CO5)CC3N(C)CC2)CCN1C. The highest BCUT2D eigenvalue weighted by Crippen LogP contribution is 2.53. The minimum Gasteiger partial charge on any atom is -0.493 e. The summed E-state index contributed by atoms with van der Waals surface area (Å²) < 4.78 is 37.9. The Hall–Kier alpha value is -4.40. The first-order chi connectivity index (χ1) is 22.4. The smallest absolute Gasteiger partial charge is 0.204 e. The quantitative estimate of drug-likeness (QED) is 0.242. The van der Waals surface area contributed by atoms with E-state index in [-0.39, 0.29) is 12.1 Å². The highest BCUT2D eigenvalue weighted by Gasteiger charge is 2.36. The maximum Gasteiger partial charge on any atom is 0.204 e. The second-order valence-corrected chi connectivity index (χ2v) is 12.8. The molecule has 0 fully saturated rings. The van der Waals surface area contributed by atoms with Crippen LogP contribution in [-0.4, -0.2) is 58.3 Å². The molecule has 0 aliphatic carbocycles. The standard InChI is InChI=1S/C38H40N2O6/c1-39-14-13-25-20-32(42-4)36-38-34(25)28(39)17-22-6-9-27(10-7-22)45-37-33-24(19-31(41-3)35(37)43-5)12-15-40(2)29(33)18-23-8-11-30(46-38)26(16-23)21-44-36/h6-11,16,19-20,28-29H,12-15,17-18,21H2,1-5H3. The van der Waals surface area contributed by atoms with Gasteiger partial charge in [-0.3, -0.25) is 9.80 Å². The Labute approximate surface area is 270 Å². The molecule has 0 radical (unpaired) electrons. The molecule has 0 N–H and O–H groups in total. The molecule has 2 unspecified atom stereocenters. The number of rotatable bonds is 3. The number of likely N-dealkylation sites (N-methyl/N-ethyl adjacent to an activating group) is 2. The fourth-order valence-electron chi connectivity index (χ4n) is 7.70. The van der Waals surface area contributed by atoms with E-state index in [1.807, 2.05) is 0 Å². The average Bonchev–Trinajstić information content (AvgIpc) is 3.26. The van der Waals surface area contributed by atoms with Gasteiger partial charge in [-0.05, 0) is 98.4 Å². The van der Waals surface area contributed by atoms with E-state index in [2.05, 4.69) is 78.5 Å². The van der Waals surface area contributed by atoms with Crippen LogP contribution in [0.2, 0.25) is 0 Å². The number of benzene rings is 4. The zero-order valence-corrected chi connectivity index (χ0v) is 27.1. The van der Waals surface area contributed by atoms with Gasteiger partial charge in [-0.1, -0.05) is 18.2 Å². The van der Waals surface area contributed by atoms with Crippen molar-refractivity contribution in [2.45, 2.75) is 44.4 Å². The monoisotopic (exact) mass is 620 g/mol. The van der Waals surface area contributed by atoms with Gasteiger partial charge in [-0.25, -0.2) is 0 Å². The lowest BCUT2D eigenvalue weighted by Gasteiger charge is -2.37. The van der Waals surface area contributed by atoms with Gasteiger partial charge < -0.3 is 28.4 Å². The molecule has 11 rings (SSSR count). The first-order valence-electron chi connectivity index (χ1n) is 16.1.